The first-order valence-corrected chi connectivity index (χ1v) is 8.57. The van der Waals surface area contributed by atoms with E-state index in [4.69, 9.17) is 0 Å². The zero-order valence-corrected chi connectivity index (χ0v) is 15.1. The zero-order valence-electron chi connectivity index (χ0n) is 15.1. The van der Waals surface area contributed by atoms with E-state index in [1.165, 1.54) is 6.07 Å². The molecule has 2 unspecified atom stereocenters. The van der Waals surface area contributed by atoms with Crippen LogP contribution < -0.4 is 0 Å². The summed E-state index contributed by atoms with van der Waals surface area (Å²) >= 11 is 0. The minimum atomic E-state index is -4.54. The van der Waals surface area contributed by atoms with Crippen LogP contribution in [-0.4, -0.2) is 28.5 Å². The summed E-state index contributed by atoms with van der Waals surface area (Å²) in [6, 6.07) is 8.30. The molecule has 1 aliphatic heterocycles. The number of hydrogen-bond donors (Lipinski definition) is 1. The van der Waals surface area contributed by atoms with Gasteiger partial charge in [0.1, 0.15) is 11.6 Å². The van der Waals surface area contributed by atoms with Gasteiger partial charge in [0, 0.05) is 23.4 Å². The Balaban J connectivity index is 2.18. The van der Waals surface area contributed by atoms with Crippen LogP contribution in [0, 0.1) is 35.5 Å². The molecule has 2 aromatic rings. The molecule has 2 heterocycles. The number of nitrogens with one attached hydrogen (secondary N) is 1. The zero-order chi connectivity index (χ0) is 21.3. The molecule has 3 rings (SSSR count). The van der Waals surface area contributed by atoms with Crippen LogP contribution in [0.25, 0.3) is 10.9 Å². The maximum Gasteiger partial charge on any atom is 0.389 e. The van der Waals surface area contributed by atoms with Crippen molar-refractivity contribution in [2.24, 2.45) is 10.9 Å². The van der Waals surface area contributed by atoms with E-state index in [0.29, 0.717) is 22.2 Å². The van der Waals surface area contributed by atoms with Gasteiger partial charge >= 0.3 is 6.18 Å². The number of aliphatic imine (C=N–C) groups is 1. The van der Waals surface area contributed by atoms with Gasteiger partial charge in [0.25, 0.3) is 6.43 Å². The van der Waals surface area contributed by atoms with Crippen molar-refractivity contribution in [1.82, 2.24) is 10.2 Å². The van der Waals surface area contributed by atoms with Gasteiger partial charge in [-0.15, -0.1) is 0 Å². The Morgan fingerprint density at radius 2 is 1.97 bits per heavy atom. The predicted octanol–water partition coefficient (Wildman–Crippen LogP) is 4.93. The highest BCUT2D eigenvalue weighted by Crippen LogP contribution is 2.42. The van der Waals surface area contributed by atoms with Crippen molar-refractivity contribution in [2.45, 2.75) is 38.3 Å². The van der Waals surface area contributed by atoms with Crippen LogP contribution in [0.15, 0.2) is 34.5 Å². The van der Waals surface area contributed by atoms with Crippen molar-refractivity contribution in [3.63, 3.8) is 0 Å². The second-order valence-electron chi connectivity index (χ2n) is 6.63. The van der Waals surface area contributed by atoms with Crippen LogP contribution >= 0.6 is 0 Å². The van der Waals surface area contributed by atoms with Gasteiger partial charge in [-0.1, -0.05) is 6.07 Å². The Bertz CT molecular complexity index is 1080. The summed E-state index contributed by atoms with van der Waals surface area (Å²) in [6.07, 6.45) is -9.70. The second kappa shape index (κ2) is 7.63. The number of halogens is 5. The Morgan fingerprint density at radius 1 is 1.24 bits per heavy atom. The largest absolute Gasteiger partial charge is 0.389 e. The van der Waals surface area contributed by atoms with Crippen LogP contribution in [0.2, 0.25) is 0 Å². The van der Waals surface area contributed by atoms with E-state index in [1.54, 1.807) is 31.2 Å². The molecular formula is C19H14F5N5. The highest BCUT2D eigenvalue weighted by molar-refractivity contribution is 5.95. The van der Waals surface area contributed by atoms with E-state index >= 15 is 0 Å². The van der Waals surface area contributed by atoms with Gasteiger partial charge in [0.15, 0.2) is 0 Å². The Labute approximate surface area is 162 Å². The fourth-order valence-electron chi connectivity index (χ4n) is 3.42. The Kier molecular flexibility index (Phi) is 5.38. The molecule has 0 radical (unpaired) electrons. The lowest BCUT2D eigenvalue weighted by Crippen LogP contribution is -2.31. The summed E-state index contributed by atoms with van der Waals surface area (Å²) in [4.78, 5) is 3.62. The van der Waals surface area contributed by atoms with Gasteiger partial charge in [-0.05, 0) is 31.0 Å². The molecule has 0 saturated heterocycles. The fraction of sp³-hybridized carbons (Fsp3) is 0.368. The summed E-state index contributed by atoms with van der Waals surface area (Å²) in [5, 5.41) is 26.6. The first-order chi connectivity index (χ1) is 13.7. The number of aromatic amines is 1. The standard InChI is InChI=1S/C19H14F5N5/c1-9-11-6-10(2-3-15(11)29-28-9)16-12(7-25)14(4-5-19(22,23)24)27-17(18(20)21)13(16)8-26/h2-3,6,13,16,18H,4-5H2,1H3,(H,28,29). The molecule has 1 aromatic carbocycles. The maximum absolute atomic E-state index is 13.6. The minimum absolute atomic E-state index is 0.203. The van der Waals surface area contributed by atoms with E-state index in [1.807, 2.05) is 0 Å². The topological polar surface area (TPSA) is 88.6 Å². The third-order valence-corrected chi connectivity index (χ3v) is 4.79. The van der Waals surface area contributed by atoms with E-state index in [-0.39, 0.29) is 11.3 Å². The van der Waals surface area contributed by atoms with Crippen molar-refractivity contribution in [3.8, 4) is 12.1 Å². The molecule has 2 atom stereocenters. The molecular weight excluding hydrogens is 393 g/mol. The number of aryl methyl sites for hydroxylation is 1. The Hall–Kier alpha value is -3.27. The molecule has 5 nitrogen and oxygen atoms in total. The van der Waals surface area contributed by atoms with Crippen LogP contribution in [0.4, 0.5) is 22.0 Å². The molecule has 0 fully saturated rings. The van der Waals surface area contributed by atoms with Crippen molar-refractivity contribution >= 4 is 16.6 Å². The number of nitriles is 2. The first-order valence-electron chi connectivity index (χ1n) is 8.57. The monoisotopic (exact) mass is 407 g/mol. The number of alkyl halides is 5. The second-order valence-corrected chi connectivity index (χ2v) is 6.63. The number of aromatic nitrogens is 2. The number of fused-ring (bicyclic) bond motifs is 1. The number of benzene rings is 1. The quantitative estimate of drug-likeness (QED) is 0.729. The normalized spacial score (nSPS) is 20.0. The van der Waals surface area contributed by atoms with Gasteiger partial charge in [0.05, 0.1) is 28.9 Å². The molecule has 1 aliphatic rings. The summed E-state index contributed by atoms with van der Waals surface area (Å²) in [5.74, 6) is -2.61. The summed E-state index contributed by atoms with van der Waals surface area (Å²) in [7, 11) is 0. The van der Waals surface area contributed by atoms with Gasteiger partial charge < -0.3 is 0 Å². The van der Waals surface area contributed by atoms with Crippen LogP contribution in [0.5, 0.6) is 0 Å². The van der Waals surface area contributed by atoms with Crippen LogP contribution in [0.3, 0.4) is 0 Å². The molecule has 0 amide bonds. The molecule has 10 heteroatoms. The molecule has 0 saturated carbocycles. The number of allylic oxidation sites excluding steroid dienone is 2. The third-order valence-electron chi connectivity index (χ3n) is 4.79. The molecule has 1 aromatic heterocycles. The summed E-state index contributed by atoms with van der Waals surface area (Å²) in [5.41, 5.74) is 0.262. The summed E-state index contributed by atoms with van der Waals surface area (Å²) < 4.78 is 65.2. The van der Waals surface area contributed by atoms with Crippen molar-refractivity contribution in [1.29, 1.82) is 10.5 Å². The molecule has 29 heavy (non-hydrogen) atoms. The average molecular weight is 407 g/mol. The molecule has 150 valence electrons. The van der Waals surface area contributed by atoms with Crippen molar-refractivity contribution < 1.29 is 22.0 Å². The van der Waals surface area contributed by atoms with Crippen LogP contribution in [-0.2, 0) is 0 Å². The van der Waals surface area contributed by atoms with Gasteiger partial charge in [-0.3, -0.25) is 10.1 Å². The Morgan fingerprint density at radius 3 is 2.55 bits per heavy atom. The number of nitrogens with zero attached hydrogens (tertiary/aromatic N) is 4. The molecule has 0 spiro atoms. The highest BCUT2D eigenvalue weighted by Gasteiger charge is 2.41. The summed E-state index contributed by atoms with van der Waals surface area (Å²) in [6.45, 7) is 1.74. The van der Waals surface area contributed by atoms with Crippen molar-refractivity contribution in [3.05, 3.63) is 40.7 Å². The van der Waals surface area contributed by atoms with E-state index in [0.717, 1.165) is 0 Å². The SMILES string of the molecule is Cc1[nH]nc2ccc(C3C(C#N)=C(CCC(F)(F)F)N=C(C(F)F)C3C#N)cc12. The van der Waals surface area contributed by atoms with Gasteiger partial charge in [0.2, 0.25) is 0 Å². The number of rotatable bonds is 4. The average Bonchev–Trinajstić information content (AvgIpc) is 3.04. The smallest absolute Gasteiger partial charge is 0.282 e. The lowest BCUT2D eigenvalue weighted by molar-refractivity contribution is -0.134. The molecule has 1 N–H and O–H groups in total. The lowest BCUT2D eigenvalue weighted by Gasteiger charge is -2.29. The number of H-pyrrole nitrogens is 1. The molecule has 0 bridgehead atoms. The van der Waals surface area contributed by atoms with Gasteiger partial charge in [-0.25, -0.2) is 8.78 Å². The van der Waals surface area contributed by atoms with Gasteiger partial charge in [-0.2, -0.15) is 28.8 Å². The van der Waals surface area contributed by atoms with E-state index in [9.17, 15) is 32.5 Å². The maximum atomic E-state index is 13.6. The third kappa shape index (κ3) is 3.97. The highest BCUT2D eigenvalue weighted by atomic mass is 19.4. The predicted molar refractivity (Wildman–Crippen MR) is 94.0 cm³/mol. The van der Waals surface area contributed by atoms with Crippen molar-refractivity contribution in [2.75, 3.05) is 0 Å². The fourth-order valence-corrected chi connectivity index (χ4v) is 3.42. The molecule has 0 aliphatic carbocycles. The first kappa shape index (κ1) is 20.5. The van der Waals surface area contributed by atoms with E-state index < -0.39 is 43.0 Å². The lowest BCUT2D eigenvalue weighted by atomic mass is 9.75. The van der Waals surface area contributed by atoms with Crippen LogP contribution in [0.1, 0.15) is 30.0 Å². The minimum Gasteiger partial charge on any atom is -0.282 e. The number of hydrogen-bond acceptors (Lipinski definition) is 4. The van der Waals surface area contributed by atoms with E-state index in [2.05, 4.69) is 15.2 Å².